The van der Waals surface area contributed by atoms with Gasteiger partial charge in [-0.3, -0.25) is 4.79 Å². The van der Waals surface area contributed by atoms with Gasteiger partial charge in [0.25, 0.3) is 0 Å². The van der Waals surface area contributed by atoms with Crippen molar-refractivity contribution in [2.24, 2.45) is 11.8 Å². The van der Waals surface area contributed by atoms with Gasteiger partial charge in [-0.2, -0.15) is 0 Å². The van der Waals surface area contributed by atoms with E-state index in [0.717, 1.165) is 12.0 Å². The van der Waals surface area contributed by atoms with Gasteiger partial charge in [0.15, 0.2) is 0 Å². The molecule has 3 atom stereocenters. The van der Waals surface area contributed by atoms with Crippen LogP contribution in [0.5, 0.6) is 0 Å². The highest BCUT2D eigenvalue weighted by atomic mass is 35.5. The molecule has 2 rings (SSSR count). The van der Waals surface area contributed by atoms with E-state index < -0.39 is 0 Å². The summed E-state index contributed by atoms with van der Waals surface area (Å²) in [5.74, 6) is 1.20. The first-order chi connectivity index (χ1) is 10.1. The van der Waals surface area contributed by atoms with Crippen molar-refractivity contribution in [3.05, 3.63) is 34.9 Å². The lowest BCUT2D eigenvalue weighted by Crippen LogP contribution is -2.38. The molecule has 1 aromatic carbocycles. The lowest BCUT2D eigenvalue weighted by Gasteiger charge is -2.20. The summed E-state index contributed by atoms with van der Waals surface area (Å²) >= 11 is 5.93. The van der Waals surface area contributed by atoms with Crippen LogP contribution in [0.2, 0.25) is 5.02 Å². The fourth-order valence-electron chi connectivity index (χ4n) is 2.52. The van der Waals surface area contributed by atoms with Crippen molar-refractivity contribution in [1.82, 2.24) is 10.6 Å². The van der Waals surface area contributed by atoms with E-state index in [1.54, 1.807) is 7.11 Å². The zero-order valence-corrected chi connectivity index (χ0v) is 13.3. The molecular weight excluding hydrogens is 288 g/mol. The number of hydrogen-bond donors (Lipinski definition) is 2. The second kappa shape index (κ2) is 7.78. The van der Waals surface area contributed by atoms with Gasteiger partial charge >= 0.3 is 0 Å². The lowest BCUT2D eigenvalue weighted by atomic mass is 10.0. The molecule has 4 nitrogen and oxygen atoms in total. The van der Waals surface area contributed by atoms with E-state index in [1.807, 2.05) is 24.3 Å². The van der Waals surface area contributed by atoms with Crippen molar-refractivity contribution in [3.8, 4) is 0 Å². The minimum atomic E-state index is 0.0187. The maximum atomic E-state index is 12.1. The van der Waals surface area contributed by atoms with Gasteiger partial charge in [0.05, 0.1) is 19.2 Å². The van der Waals surface area contributed by atoms with Crippen molar-refractivity contribution in [3.63, 3.8) is 0 Å². The molecule has 21 heavy (non-hydrogen) atoms. The second-order valence-corrected chi connectivity index (χ2v) is 6.08. The van der Waals surface area contributed by atoms with Gasteiger partial charge in [0.2, 0.25) is 5.91 Å². The summed E-state index contributed by atoms with van der Waals surface area (Å²) in [6, 6.07) is 7.82. The van der Waals surface area contributed by atoms with Crippen LogP contribution in [0.3, 0.4) is 0 Å². The van der Waals surface area contributed by atoms with E-state index in [0.29, 0.717) is 36.6 Å². The SMILES string of the molecule is COCCNCC(=O)NC(c1ccc(Cl)cc1)C1CC1C. The molecule has 0 saturated heterocycles. The summed E-state index contributed by atoms with van der Waals surface area (Å²) < 4.78 is 4.94. The number of rotatable bonds is 8. The highest BCUT2D eigenvalue weighted by Gasteiger charge is 2.40. The van der Waals surface area contributed by atoms with Crippen LogP contribution in [0.25, 0.3) is 0 Å². The molecule has 116 valence electrons. The number of amides is 1. The maximum Gasteiger partial charge on any atom is 0.234 e. The molecule has 0 radical (unpaired) electrons. The Labute approximate surface area is 131 Å². The average Bonchev–Trinajstić information content (AvgIpc) is 3.19. The minimum absolute atomic E-state index is 0.0187. The van der Waals surface area contributed by atoms with E-state index >= 15 is 0 Å². The number of benzene rings is 1. The molecule has 0 heterocycles. The Morgan fingerprint density at radius 3 is 2.67 bits per heavy atom. The number of carbonyl (C=O) groups excluding carboxylic acids is 1. The third kappa shape index (κ3) is 4.99. The van der Waals surface area contributed by atoms with Crippen LogP contribution in [0.1, 0.15) is 24.9 Å². The van der Waals surface area contributed by atoms with Gasteiger partial charge in [0, 0.05) is 18.7 Å². The fourth-order valence-corrected chi connectivity index (χ4v) is 2.65. The molecule has 2 N–H and O–H groups in total. The number of methoxy groups -OCH3 is 1. The molecule has 0 bridgehead atoms. The lowest BCUT2D eigenvalue weighted by molar-refractivity contribution is -0.121. The molecule has 5 heteroatoms. The summed E-state index contributed by atoms with van der Waals surface area (Å²) in [7, 11) is 1.65. The Morgan fingerprint density at radius 2 is 2.10 bits per heavy atom. The molecular formula is C16H23ClN2O2. The van der Waals surface area contributed by atoms with Gasteiger partial charge < -0.3 is 15.4 Å². The van der Waals surface area contributed by atoms with E-state index in [-0.39, 0.29) is 11.9 Å². The van der Waals surface area contributed by atoms with Crippen LogP contribution in [0.4, 0.5) is 0 Å². The van der Waals surface area contributed by atoms with Crippen LogP contribution in [0.15, 0.2) is 24.3 Å². The van der Waals surface area contributed by atoms with Gasteiger partial charge in [-0.05, 0) is 36.0 Å². The number of carbonyl (C=O) groups is 1. The van der Waals surface area contributed by atoms with Gasteiger partial charge in [-0.1, -0.05) is 30.7 Å². The van der Waals surface area contributed by atoms with Gasteiger partial charge in [0.1, 0.15) is 0 Å². The minimum Gasteiger partial charge on any atom is -0.383 e. The quantitative estimate of drug-likeness (QED) is 0.725. The van der Waals surface area contributed by atoms with Crippen molar-refractivity contribution in [1.29, 1.82) is 0 Å². The van der Waals surface area contributed by atoms with Crippen molar-refractivity contribution in [2.75, 3.05) is 26.8 Å². The van der Waals surface area contributed by atoms with Crippen LogP contribution < -0.4 is 10.6 Å². The topological polar surface area (TPSA) is 50.4 Å². The predicted octanol–water partition coefficient (Wildman–Crippen LogP) is 2.39. The summed E-state index contributed by atoms with van der Waals surface area (Å²) in [6.45, 7) is 3.81. The van der Waals surface area contributed by atoms with Crippen molar-refractivity contribution >= 4 is 17.5 Å². The Hall–Kier alpha value is -1.10. The van der Waals surface area contributed by atoms with E-state index in [4.69, 9.17) is 16.3 Å². The zero-order chi connectivity index (χ0) is 15.2. The largest absolute Gasteiger partial charge is 0.383 e. The normalized spacial score (nSPS) is 21.9. The predicted molar refractivity (Wildman–Crippen MR) is 84.4 cm³/mol. The average molecular weight is 311 g/mol. The van der Waals surface area contributed by atoms with E-state index in [9.17, 15) is 4.79 Å². The van der Waals surface area contributed by atoms with E-state index in [2.05, 4.69) is 17.6 Å². The smallest absolute Gasteiger partial charge is 0.234 e. The van der Waals surface area contributed by atoms with Gasteiger partial charge in [-0.25, -0.2) is 0 Å². The first-order valence-electron chi connectivity index (χ1n) is 7.36. The molecule has 1 aromatic rings. The monoisotopic (exact) mass is 310 g/mol. The Kier molecular flexibility index (Phi) is 6.03. The maximum absolute atomic E-state index is 12.1. The van der Waals surface area contributed by atoms with Crippen molar-refractivity contribution in [2.45, 2.75) is 19.4 Å². The molecule has 1 aliphatic carbocycles. The number of halogens is 1. The fraction of sp³-hybridized carbons (Fsp3) is 0.562. The van der Waals surface area contributed by atoms with Crippen LogP contribution >= 0.6 is 11.6 Å². The molecule has 1 saturated carbocycles. The molecule has 0 aromatic heterocycles. The standard InChI is InChI=1S/C16H23ClN2O2/c1-11-9-14(11)16(12-3-5-13(17)6-4-12)19-15(20)10-18-7-8-21-2/h3-6,11,14,16,18H,7-10H2,1-2H3,(H,19,20). The molecule has 1 fully saturated rings. The molecule has 0 aliphatic heterocycles. The third-order valence-corrected chi connectivity index (χ3v) is 4.17. The van der Waals surface area contributed by atoms with Crippen LogP contribution in [0, 0.1) is 11.8 Å². The Morgan fingerprint density at radius 1 is 1.43 bits per heavy atom. The van der Waals surface area contributed by atoms with Crippen molar-refractivity contribution < 1.29 is 9.53 Å². The first kappa shape index (κ1) is 16.3. The Bertz CT molecular complexity index is 464. The number of ether oxygens (including phenoxy) is 1. The molecule has 3 unspecified atom stereocenters. The van der Waals surface area contributed by atoms with Crippen LogP contribution in [-0.2, 0) is 9.53 Å². The number of nitrogens with one attached hydrogen (secondary N) is 2. The molecule has 0 spiro atoms. The zero-order valence-electron chi connectivity index (χ0n) is 12.6. The number of hydrogen-bond acceptors (Lipinski definition) is 3. The summed E-state index contributed by atoms with van der Waals surface area (Å²) in [4.78, 5) is 12.1. The molecule has 1 amide bonds. The summed E-state index contributed by atoms with van der Waals surface area (Å²) in [5.41, 5.74) is 1.12. The second-order valence-electron chi connectivity index (χ2n) is 5.64. The first-order valence-corrected chi connectivity index (χ1v) is 7.74. The summed E-state index contributed by atoms with van der Waals surface area (Å²) in [6.07, 6.45) is 1.16. The molecule has 1 aliphatic rings. The van der Waals surface area contributed by atoms with E-state index in [1.165, 1.54) is 0 Å². The Balaban J connectivity index is 1.91. The summed E-state index contributed by atoms with van der Waals surface area (Å²) in [5, 5.41) is 6.92. The highest BCUT2D eigenvalue weighted by Crippen LogP contribution is 2.47. The third-order valence-electron chi connectivity index (χ3n) is 3.91. The van der Waals surface area contributed by atoms with Crippen LogP contribution in [-0.4, -0.2) is 32.7 Å². The highest BCUT2D eigenvalue weighted by molar-refractivity contribution is 6.30. The van der Waals surface area contributed by atoms with Gasteiger partial charge in [-0.15, -0.1) is 0 Å².